The number of hydrogen-bond donors (Lipinski definition) is 0. The largest absolute Gasteiger partial charge is 0.106 e. The first-order chi connectivity index (χ1) is 11.9. The average molecular weight is 415 g/mol. The monoisotopic (exact) mass is 415 g/mol. The summed E-state index contributed by atoms with van der Waals surface area (Å²) in [5, 5.41) is 0. The van der Waals surface area contributed by atoms with E-state index >= 15 is 0 Å². The molecule has 0 aliphatic heterocycles. The van der Waals surface area contributed by atoms with E-state index in [1.54, 1.807) is 0 Å². The molecule has 0 unspecified atom stereocenters. The van der Waals surface area contributed by atoms with E-state index in [0.717, 1.165) is 5.57 Å². The normalized spacial score (nSPS) is 6.28. The SMILES string of the molecule is C.C.C.C.C=C.C=C(C)c1ccc(C)cc1.CC.CCC.CCCC.CCCC. The molecule has 0 atom stereocenters. The molecule has 0 bridgehead atoms. The molecule has 0 amide bonds. The molecular formula is C29H66. The van der Waals surface area contributed by atoms with E-state index in [1.165, 1.54) is 43.2 Å². The lowest BCUT2D eigenvalue weighted by Gasteiger charge is -1.98. The van der Waals surface area contributed by atoms with Crippen LogP contribution in [0.25, 0.3) is 5.57 Å². The van der Waals surface area contributed by atoms with E-state index in [-0.39, 0.29) is 29.7 Å². The Morgan fingerprint density at radius 3 is 1.00 bits per heavy atom. The van der Waals surface area contributed by atoms with Crippen molar-refractivity contribution in [3.63, 3.8) is 0 Å². The van der Waals surface area contributed by atoms with Gasteiger partial charge >= 0.3 is 0 Å². The zero-order valence-corrected chi connectivity index (χ0v) is 19.5. The van der Waals surface area contributed by atoms with Gasteiger partial charge in [0.1, 0.15) is 0 Å². The van der Waals surface area contributed by atoms with Crippen LogP contribution >= 0.6 is 0 Å². The van der Waals surface area contributed by atoms with E-state index in [0.29, 0.717) is 0 Å². The van der Waals surface area contributed by atoms with E-state index in [9.17, 15) is 0 Å². The zero-order valence-electron chi connectivity index (χ0n) is 19.5. The highest BCUT2D eigenvalue weighted by molar-refractivity contribution is 5.61. The van der Waals surface area contributed by atoms with Crippen molar-refractivity contribution in [2.75, 3.05) is 0 Å². The third kappa shape index (κ3) is 75.4. The third-order valence-electron chi connectivity index (χ3n) is 2.54. The van der Waals surface area contributed by atoms with Crippen molar-refractivity contribution < 1.29 is 0 Å². The first kappa shape index (κ1) is 56.5. The van der Waals surface area contributed by atoms with Crippen molar-refractivity contribution in [3.8, 4) is 0 Å². The standard InChI is InChI=1S/C10H12.2C4H10.C3H8.C2H6.C2H4.4CH4/c1-8(2)10-6-4-9(3)5-7-10;2*1-3-4-2;1-3-2;2*1-2;;;;/h4-7H,1H2,2-3H3;2*3-4H2,1-2H3;3H2,1-2H3;1-2H3;1-2H2;4*1H4. The number of unbranched alkanes of at least 4 members (excludes halogenated alkanes) is 2. The molecule has 0 saturated heterocycles. The van der Waals surface area contributed by atoms with Gasteiger partial charge in [-0.1, -0.05) is 159 Å². The number of aryl methyl sites for hydroxylation is 1. The molecule has 29 heavy (non-hydrogen) atoms. The van der Waals surface area contributed by atoms with Gasteiger partial charge in [-0.25, -0.2) is 0 Å². The van der Waals surface area contributed by atoms with Gasteiger partial charge in [-0.2, -0.15) is 0 Å². The Balaban J connectivity index is -0.0000000262. The average Bonchev–Trinajstić information content (AvgIpc) is 2.66. The highest BCUT2D eigenvalue weighted by Crippen LogP contribution is 2.11. The number of allylic oxidation sites excluding steroid dienone is 1. The van der Waals surface area contributed by atoms with Gasteiger partial charge in [0.2, 0.25) is 0 Å². The van der Waals surface area contributed by atoms with Gasteiger partial charge in [0.15, 0.2) is 0 Å². The minimum Gasteiger partial charge on any atom is -0.106 e. The van der Waals surface area contributed by atoms with Crippen molar-refractivity contribution >= 4 is 5.57 Å². The first-order valence-corrected chi connectivity index (χ1v) is 10.2. The molecule has 0 fully saturated rings. The van der Waals surface area contributed by atoms with E-state index in [2.05, 4.69) is 92.5 Å². The molecular weight excluding hydrogens is 348 g/mol. The summed E-state index contributed by atoms with van der Waals surface area (Å²) < 4.78 is 0. The molecule has 0 saturated carbocycles. The zero-order chi connectivity index (χ0) is 21.1. The van der Waals surface area contributed by atoms with Gasteiger partial charge in [-0.05, 0) is 19.4 Å². The first-order valence-electron chi connectivity index (χ1n) is 10.2. The molecule has 1 aromatic carbocycles. The summed E-state index contributed by atoms with van der Waals surface area (Å²) in [5.74, 6) is 0. The van der Waals surface area contributed by atoms with Crippen molar-refractivity contribution in [2.45, 2.75) is 131 Å². The highest BCUT2D eigenvalue weighted by Gasteiger charge is 1.89. The van der Waals surface area contributed by atoms with Crippen LogP contribution in [0.4, 0.5) is 0 Å². The van der Waals surface area contributed by atoms with Gasteiger partial charge in [-0.15, -0.1) is 13.2 Å². The lowest BCUT2D eigenvalue weighted by atomic mass is 10.1. The van der Waals surface area contributed by atoms with Gasteiger partial charge < -0.3 is 0 Å². The van der Waals surface area contributed by atoms with Crippen molar-refractivity contribution in [2.24, 2.45) is 0 Å². The van der Waals surface area contributed by atoms with Crippen LogP contribution in [-0.2, 0) is 0 Å². The highest BCUT2D eigenvalue weighted by atomic mass is 13.9. The van der Waals surface area contributed by atoms with Crippen LogP contribution in [0, 0.1) is 6.92 Å². The van der Waals surface area contributed by atoms with Crippen LogP contribution in [0.15, 0.2) is 44.0 Å². The molecule has 0 N–H and O–H groups in total. The Morgan fingerprint density at radius 1 is 0.655 bits per heavy atom. The van der Waals surface area contributed by atoms with Gasteiger partial charge in [-0.3, -0.25) is 0 Å². The molecule has 0 radical (unpaired) electrons. The number of benzene rings is 1. The fraction of sp³-hybridized carbons (Fsp3) is 0.655. The Bertz CT molecular complexity index is 297. The maximum atomic E-state index is 3.86. The Morgan fingerprint density at radius 2 is 0.862 bits per heavy atom. The Hall–Kier alpha value is -1.30. The van der Waals surface area contributed by atoms with E-state index < -0.39 is 0 Å². The Labute approximate surface area is 191 Å². The van der Waals surface area contributed by atoms with E-state index in [4.69, 9.17) is 0 Å². The molecule has 182 valence electrons. The minimum absolute atomic E-state index is 0. The van der Waals surface area contributed by atoms with Gasteiger partial charge in [0.25, 0.3) is 0 Å². The maximum absolute atomic E-state index is 3.86. The summed E-state index contributed by atoms with van der Waals surface area (Å²) in [6, 6.07) is 8.39. The predicted octanol–water partition coefficient (Wildman–Crippen LogP) is 12.4. The maximum Gasteiger partial charge on any atom is -0.0233 e. The minimum atomic E-state index is 0. The molecule has 0 heteroatoms. The topological polar surface area (TPSA) is 0 Å². The molecule has 0 nitrogen and oxygen atoms in total. The molecule has 1 rings (SSSR count). The lowest BCUT2D eigenvalue weighted by molar-refractivity contribution is 0.886. The second-order valence-corrected chi connectivity index (χ2v) is 5.35. The third-order valence-corrected chi connectivity index (χ3v) is 2.54. The fourth-order valence-corrected chi connectivity index (χ4v) is 0.838. The summed E-state index contributed by atoms with van der Waals surface area (Å²) in [6.45, 7) is 30.9. The van der Waals surface area contributed by atoms with Gasteiger partial charge in [0, 0.05) is 0 Å². The predicted molar refractivity (Wildman–Crippen MR) is 153 cm³/mol. The van der Waals surface area contributed by atoms with Crippen LogP contribution in [-0.4, -0.2) is 0 Å². The van der Waals surface area contributed by atoms with Crippen molar-refractivity contribution in [1.82, 2.24) is 0 Å². The van der Waals surface area contributed by atoms with E-state index in [1.807, 2.05) is 20.8 Å². The van der Waals surface area contributed by atoms with Crippen LogP contribution in [0.2, 0.25) is 0 Å². The smallest absolute Gasteiger partial charge is 0.0233 e. The lowest BCUT2D eigenvalue weighted by Crippen LogP contribution is -1.76. The summed E-state index contributed by atoms with van der Waals surface area (Å²) in [4.78, 5) is 0. The van der Waals surface area contributed by atoms with Crippen LogP contribution in [0.3, 0.4) is 0 Å². The van der Waals surface area contributed by atoms with Crippen molar-refractivity contribution in [3.05, 3.63) is 55.1 Å². The van der Waals surface area contributed by atoms with Crippen LogP contribution in [0.1, 0.15) is 135 Å². The molecule has 1 aromatic rings. The van der Waals surface area contributed by atoms with Crippen molar-refractivity contribution in [1.29, 1.82) is 0 Å². The Kier molecular flexibility index (Phi) is 123. The summed E-state index contributed by atoms with van der Waals surface area (Å²) >= 11 is 0. The van der Waals surface area contributed by atoms with Crippen LogP contribution in [0.5, 0.6) is 0 Å². The second kappa shape index (κ2) is 63.2. The quantitative estimate of drug-likeness (QED) is 0.431. The van der Waals surface area contributed by atoms with Crippen LogP contribution < -0.4 is 0 Å². The number of rotatable bonds is 3. The summed E-state index contributed by atoms with van der Waals surface area (Å²) in [6.07, 6.45) is 6.53. The fourth-order valence-electron chi connectivity index (χ4n) is 0.838. The second-order valence-electron chi connectivity index (χ2n) is 5.35. The summed E-state index contributed by atoms with van der Waals surface area (Å²) in [5.41, 5.74) is 3.65. The van der Waals surface area contributed by atoms with Gasteiger partial charge in [0.05, 0.1) is 0 Å². The molecule has 0 aliphatic rings. The molecule has 0 heterocycles. The molecule has 0 spiro atoms. The number of hydrogen-bond acceptors (Lipinski definition) is 0. The molecule has 0 aliphatic carbocycles. The summed E-state index contributed by atoms with van der Waals surface area (Å²) in [7, 11) is 0. The molecule has 0 aromatic heterocycles.